The summed E-state index contributed by atoms with van der Waals surface area (Å²) in [7, 11) is 0. The molecule has 0 unspecified atom stereocenters. The lowest BCUT2D eigenvalue weighted by Crippen LogP contribution is -2.59. The highest BCUT2D eigenvalue weighted by atomic mass is 16.1. The highest BCUT2D eigenvalue weighted by Crippen LogP contribution is 2.55. The fourth-order valence-electron chi connectivity index (χ4n) is 7.16. The normalized spacial score (nSPS) is 32.9. The van der Waals surface area contributed by atoms with E-state index in [9.17, 15) is 4.79 Å². The van der Waals surface area contributed by atoms with Crippen LogP contribution in [0.15, 0.2) is 24.3 Å². The van der Waals surface area contributed by atoms with Gasteiger partial charge in [-0.25, -0.2) is 0 Å². The Labute approximate surface area is 166 Å². The van der Waals surface area contributed by atoms with E-state index in [1.54, 1.807) is 0 Å². The van der Waals surface area contributed by atoms with Crippen molar-refractivity contribution in [2.75, 3.05) is 0 Å². The molecule has 5 aliphatic carbocycles. The zero-order chi connectivity index (χ0) is 18.7. The van der Waals surface area contributed by atoms with E-state index < -0.39 is 0 Å². The number of amides is 1. The summed E-state index contributed by atoms with van der Waals surface area (Å²) in [6.45, 7) is 0. The van der Waals surface area contributed by atoms with Crippen LogP contribution in [0, 0.1) is 17.8 Å². The third kappa shape index (κ3) is 2.64. The number of carbonyl (C=O) groups is 1. The van der Waals surface area contributed by atoms with Crippen LogP contribution in [0.3, 0.4) is 0 Å². The Morgan fingerprint density at radius 3 is 2.43 bits per heavy atom. The summed E-state index contributed by atoms with van der Waals surface area (Å²) in [4.78, 5) is 13.5. The van der Waals surface area contributed by atoms with E-state index in [1.807, 2.05) is 18.2 Å². The minimum Gasteiger partial charge on any atom is -0.347 e. The average molecular weight is 376 g/mol. The molecule has 146 valence electrons. The number of benzene rings is 1. The molecule has 2 aromatic rings. The van der Waals surface area contributed by atoms with Crippen LogP contribution < -0.4 is 5.32 Å². The van der Waals surface area contributed by atoms with Crippen molar-refractivity contribution in [3.8, 4) is 11.3 Å². The van der Waals surface area contributed by atoms with E-state index in [0.717, 1.165) is 47.4 Å². The highest BCUT2D eigenvalue weighted by Gasteiger charge is 2.51. The Hall–Kier alpha value is -2.10. The van der Waals surface area contributed by atoms with E-state index in [-0.39, 0.29) is 11.4 Å². The first kappa shape index (κ1) is 16.8. The molecule has 1 aromatic heterocycles. The molecule has 2 N–H and O–H groups in total. The van der Waals surface area contributed by atoms with Gasteiger partial charge in [0.1, 0.15) is 0 Å². The first-order valence-corrected chi connectivity index (χ1v) is 11.2. The molecule has 5 aliphatic rings. The Balaban J connectivity index is 1.32. The maximum absolute atomic E-state index is 13.5. The summed E-state index contributed by atoms with van der Waals surface area (Å²) in [6, 6.07) is 8.06. The predicted molar refractivity (Wildman–Crippen MR) is 109 cm³/mol. The maximum atomic E-state index is 13.5. The van der Waals surface area contributed by atoms with Crippen LogP contribution in [0.1, 0.15) is 73.0 Å². The average Bonchev–Trinajstić information content (AvgIpc) is 3.10. The van der Waals surface area contributed by atoms with Gasteiger partial charge in [0, 0.05) is 27.9 Å². The molecule has 28 heavy (non-hydrogen) atoms. The summed E-state index contributed by atoms with van der Waals surface area (Å²) < 4.78 is 0. The van der Waals surface area contributed by atoms with Crippen LogP contribution in [-0.4, -0.2) is 21.6 Å². The smallest absolute Gasteiger partial charge is 0.252 e. The van der Waals surface area contributed by atoms with Gasteiger partial charge < -0.3 is 5.32 Å². The molecule has 0 spiro atoms. The third-order valence-electron chi connectivity index (χ3n) is 7.90. The SMILES string of the molecule is O=C(NC12CC3CC(CC(C3)C1)C2)c1ccccc1-c1n[nH]c2c1CCCC2. The van der Waals surface area contributed by atoms with Crippen LogP contribution in [0.25, 0.3) is 11.3 Å². The number of hydrogen-bond acceptors (Lipinski definition) is 2. The van der Waals surface area contributed by atoms with Gasteiger partial charge in [-0.15, -0.1) is 0 Å². The Morgan fingerprint density at radius 1 is 1.00 bits per heavy atom. The number of aromatic nitrogens is 2. The second kappa shape index (κ2) is 6.20. The molecule has 4 saturated carbocycles. The Kier molecular flexibility index (Phi) is 3.72. The van der Waals surface area contributed by atoms with Crippen LogP contribution in [-0.2, 0) is 12.8 Å². The minimum atomic E-state index is 0.0456. The number of aryl methyl sites for hydroxylation is 1. The summed E-state index contributed by atoms with van der Waals surface area (Å²) in [6.07, 6.45) is 12.3. The number of nitrogens with one attached hydrogen (secondary N) is 2. The van der Waals surface area contributed by atoms with Crippen molar-refractivity contribution >= 4 is 5.91 Å². The van der Waals surface area contributed by atoms with Crippen LogP contribution in [0.5, 0.6) is 0 Å². The van der Waals surface area contributed by atoms with Crippen molar-refractivity contribution in [3.05, 3.63) is 41.1 Å². The van der Waals surface area contributed by atoms with Crippen molar-refractivity contribution < 1.29 is 4.79 Å². The number of rotatable bonds is 3. The lowest BCUT2D eigenvalue weighted by Gasteiger charge is -2.56. The van der Waals surface area contributed by atoms with Crippen LogP contribution in [0.4, 0.5) is 0 Å². The van der Waals surface area contributed by atoms with E-state index in [0.29, 0.717) is 0 Å². The number of hydrogen-bond donors (Lipinski definition) is 2. The standard InChI is InChI=1S/C24H29N3O/c28-23(25-24-12-15-9-16(13-24)11-17(10-15)14-24)19-6-2-1-5-18(19)22-20-7-3-4-8-21(20)26-27-22/h1-2,5-6,15-17H,3-4,7-14H2,(H,25,28)(H,26,27). The number of fused-ring (bicyclic) bond motifs is 1. The fraction of sp³-hybridized carbons (Fsp3) is 0.583. The van der Waals surface area contributed by atoms with E-state index in [2.05, 4.69) is 21.6 Å². The molecule has 7 rings (SSSR count). The molecule has 0 radical (unpaired) electrons. The molecule has 1 heterocycles. The van der Waals surface area contributed by atoms with Crippen molar-refractivity contribution in [1.29, 1.82) is 0 Å². The van der Waals surface area contributed by atoms with Crippen LogP contribution in [0.2, 0.25) is 0 Å². The van der Waals surface area contributed by atoms with Gasteiger partial charge in [-0.2, -0.15) is 5.10 Å². The molecule has 1 amide bonds. The van der Waals surface area contributed by atoms with E-state index in [1.165, 1.54) is 62.6 Å². The zero-order valence-corrected chi connectivity index (χ0v) is 16.5. The summed E-state index contributed by atoms with van der Waals surface area (Å²) in [5, 5.41) is 11.4. The van der Waals surface area contributed by atoms with E-state index in [4.69, 9.17) is 0 Å². The molecule has 4 bridgehead atoms. The number of H-pyrrole nitrogens is 1. The highest BCUT2D eigenvalue weighted by molar-refractivity contribution is 6.01. The quantitative estimate of drug-likeness (QED) is 0.820. The molecule has 0 aliphatic heterocycles. The minimum absolute atomic E-state index is 0.0456. The summed E-state index contributed by atoms with van der Waals surface area (Å²) in [5.41, 5.74) is 5.40. The van der Waals surface area contributed by atoms with Gasteiger partial charge in [-0.05, 0) is 88.0 Å². The first-order chi connectivity index (χ1) is 13.7. The number of aromatic amines is 1. The van der Waals surface area contributed by atoms with Crippen molar-refractivity contribution in [2.45, 2.75) is 69.7 Å². The van der Waals surface area contributed by atoms with E-state index >= 15 is 0 Å². The summed E-state index contributed by atoms with van der Waals surface area (Å²) in [5.74, 6) is 2.60. The molecular formula is C24H29N3O. The lowest BCUT2D eigenvalue weighted by atomic mass is 9.53. The molecule has 4 heteroatoms. The maximum Gasteiger partial charge on any atom is 0.252 e. The fourth-order valence-corrected chi connectivity index (χ4v) is 7.16. The predicted octanol–water partition coefficient (Wildman–Crippen LogP) is 4.65. The molecular weight excluding hydrogens is 346 g/mol. The van der Waals surface area contributed by atoms with Gasteiger partial charge in [-0.3, -0.25) is 9.89 Å². The molecule has 1 aromatic carbocycles. The molecule has 4 nitrogen and oxygen atoms in total. The van der Waals surface area contributed by atoms with Gasteiger partial charge >= 0.3 is 0 Å². The zero-order valence-electron chi connectivity index (χ0n) is 16.5. The number of nitrogens with zero attached hydrogens (tertiary/aromatic N) is 1. The van der Waals surface area contributed by atoms with Gasteiger partial charge in [0.05, 0.1) is 5.69 Å². The van der Waals surface area contributed by atoms with Crippen LogP contribution >= 0.6 is 0 Å². The van der Waals surface area contributed by atoms with Crippen molar-refractivity contribution in [3.63, 3.8) is 0 Å². The van der Waals surface area contributed by atoms with Crippen molar-refractivity contribution in [1.82, 2.24) is 15.5 Å². The molecule has 0 atom stereocenters. The topological polar surface area (TPSA) is 57.8 Å². The third-order valence-corrected chi connectivity index (χ3v) is 7.90. The first-order valence-electron chi connectivity index (χ1n) is 11.2. The molecule has 0 saturated heterocycles. The van der Waals surface area contributed by atoms with Gasteiger partial charge in [0.15, 0.2) is 0 Å². The van der Waals surface area contributed by atoms with Gasteiger partial charge in [0.2, 0.25) is 0 Å². The monoisotopic (exact) mass is 375 g/mol. The number of carbonyl (C=O) groups excluding carboxylic acids is 1. The largest absolute Gasteiger partial charge is 0.347 e. The van der Waals surface area contributed by atoms with Gasteiger partial charge in [0.25, 0.3) is 5.91 Å². The summed E-state index contributed by atoms with van der Waals surface area (Å²) >= 11 is 0. The Bertz CT molecular complexity index is 892. The Morgan fingerprint density at radius 2 is 1.68 bits per heavy atom. The van der Waals surface area contributed by atoms with Crippen molar-refractivity contribution in [2.24, 2.45) is 17.8 Å². The van der Waals surface area contributed by atoms with Gasteiger partial charge in [-0.1, -0.05) is 18.2 Å². The second-order valence-corrected chi connectivity index (χ2v) is 9.93. The lowest BCUT2D eigenvalue weighted by molar-refractivity contribution is -0.0166. The molecule has 4 fully saturated rings. The second-order valence-electron chi connectivity index (χ2n) is 9.93.